The number of carbonyl (C=O) groups excluding carboxylic acids is 1. The number of hydrogen-bond acceptors (Lipinski definition) is 7. The predicted molar refractivity (Wildman–Crippen MR) is 125 cm³/mol. The topological polar surface area (TPSA) is 119 Å². The van der Waals surface area contributed by atoms with Crippen LogP contribution in [0.15, 0.2) is 30.7 Å². The van der Waals surface area contributed by atoms with Crippen LogP contribution in [0.3, 0.4) is 0 Å². The molecule has 3 N–H and O–H groups in total. The van der Waals surface area contributed by atoms with Crippen molar-refractivity contribution in [3.05, 3.63) is 36.3 Å². The summed E-state index contributed by atoms with van der Waals surface area (Å²) in [5.41, 5.74) is 2.87. The molecule has 0 unspecified atom stereocenters. The van der Waals surface area contributed by atoms with Crippen molar-refractivity contribution < 1.29 is 19.0 Å². The summed E-state index contributed by atoms with van der Waals surface area (Å²) in [7, 11) is 0. The molecule has 2 fully saturated rings. The Morgan fingerprint density at radius 3 is 2.94 bits per heavy atom. The standard InChI is InChI=1S/C24H24FN7O3/c25-17-3-4-18(17)29-24(34)15-10-28-32-22(15)30-19(20-23(32)27-6-7-35-20)16-11-31(12-8-13(33)9-12)21-14(16)2-1-5-26-21/h1-2,5,10-13,17-18,27,33H,3-4,6-9H2,(H,29,34)/t12?,13?,17-,18-/m1/s1. The number of pyridine rings is 1. The fourth-order valence-corrected chi connectivity index (χ4v) is 5.14. The zero-order valence-electron chi connectivity index (χ0n) is 18.8. The number of hydrogen-bond donors (Lipinski definition) is 3. The number of nitrogens with one attached hydrogen (secondary N) is 2. The molecule has 0 saturated heterocycles. The molecule has 7 rings (SSSR count). The van der Waals surface area contributed by atoms with E-state index < -0.39 is 18.1 Å². The van der Waals surface area contributed by atoms with Crippen molar-refractivity contribution >= 4 is 28.4 Å². The number of rotatable bonds is 4. The lowest BCUT2D eigenvalue weighted by molar-refractivity contribution is 0.0501. The SMILES string of the molecule is O=C(N[C@@H]1CC[C@H]1F)c1cnn2c3c(c(-c4cn(C5CC(O)C5)c5ncccc45)nc12)OCCN3. The van der Waals surface area contributed by atoms with Gasteiger partial charge in [-0.1, -0.05) is 0 Å². The molecule has 10 nitrogen and oxygen atoms in total. The van der Waals surface area contributed by atoms with Gasteiger partial charge in [0.1, 0.15) is 29.7 Å². The van der Waals surface area contributed by atoms with Gasteiger partial charge in [-0.3, -0.25) is 4.79 Å². The van der Waals surface area contributed by atoms with Crippen LogP contribution in [0.2, 0.25) is 0 Å². The molecule has 0 aromatic carbocycles. The molecule has 1 amide bonds. The molecule has 180 valence electrons. The van der Waals surface area contributed by atoms with Gasteiger partial charge in [-0.05, 0) is 37.8 Å². The minimum Gasteiger partial charge on any atom is -0.486 e. The molecule has 11 heteroatoms. The van der Waals surface area contributed by atoms with E-state index in [-0.39, 0.29) is 17.7 Å². The number of carbonyl (C=O) groups is 1. The highest BCUT2D eigenvalue weighted by molar-refractivity contribution is 6.02. The summed E-state index contributed by atoms with van der Waals surface area (Å²) in [6.45, 7) is 1.05. The first kappa shape index (κ1) is 20.6. The zero-order chi connectivity index (χ0) is 23.7. The van der Waals surface area contributed by atoms with Crippen molar-refractivity contribution in [3.8, 4) is 17.0 Å². The van der Waals surface area contributed by atoms with Crippen LogP contribution >= 0.6 is 0 Å². The van der Waals surface area contributed by atoms with E-state index in [1.807, 2.05) is 18.3 Å². The molecular formula is C24H24FN7O3. The molecular weight excluding hydrogens is 453 g/mol. The Bertz CT molecular complexity index is 1480. The summed E-state index contributed by atoms with van der Waals surface area (Å²) in [6.07, 6.45) is 6.33. The van der Waals surface area contributed by atoms with Gasteiger partial charge in [0.05, 0.1) is 24.9 Å². The lowest BCUT2D eigenvalue weighted by atomic mass is 9.89. The highest BCUT2D eigenvalue weighted by Crippen LogP contribution is 2.43. The molecule has 4 aromatic rings. The number of nitrogens with zero attached hydrogens (tertiary/aromatic N) is 5. The third-order valence-electron chi connectivity index (χ3n) is 7.32. The third kappa shape index (κ3) is 3.10. The summed E-state index contributed by atoms with van der Waals surface area (Å²) in [4.78, 5) is 22.5. The van der Waals surface area contributed by atoms with E-state index in [9.17, 15) is 14.3 Å². The average molecular weight is 478 g/mol. The Hall–Kier alpha value is -3.73. The van der Waals surface area contributed by atoms with Gasteiger partial charge in [-0.15, -0.1) is 0 Å². The van der Waals surface area contributed by atoms with Crippen LogP contribution in [0.1, 0.15) is 42.1 Å². The molecule has 1 aliphatic heterocycles. The number of aliphatic hydroxyl groups excluding tert-OH is 1. The Kier molecular flexibility index (Phi) is 4.50. The number of anilines is 1. The lowest BCUT2D eigenvalue weighted by Gasteiger charge is -2.32. The van der Waals surface area contributed by atoms with Gasteiger partial charge in [0.2, 0.25) is 0 Å². The third-order valence-corrected chi connectivity index (χ3v) is 7.32. The second-order valence-electron chi connectivity index (χ2n) is 9.48. The summed E-state index contributed by atoms with van der Waals surface area (Å²) >= 11 is 0. The molecule has 35 heavy (non-hydrogen) atoms. The van der Waals surface area contributed by atoms with Gasteiger partial charge >= 0.3 is 0 Å². The maximum absolute atomic E-state index is 13.8. The second-order valence-corrected chi connectivity index (χ2v) is 9.48. The van der Waals surface area contributed by atoms with Crippen LogP contribution in [0.4, 0.5) is 10.2 Å². The van der Waals surface area contributed by atoms with Crippen molar-refractivity contribution in [2.24, 2.45) is 0 Å². The maximum atomic E-state index is 13.8. The molecule has 0 radical (unpaired) electrons. The smallest absolute Gasteiger partial charge is 0.257 e. The first-order valence-electron chi connectivity index (χ1n) is 12.0. The fourth-order valence-electron chi connectivity index (χ4n) is 5.14. The summed E-state index contributed by atoms with van der Waals surface area (Å²) in [5, 5.41) is 21.3. The number of ether oxygens (including phenoxy) is 1. The molecule has 2 saturated carbocycles. The molecule has 0 bridgehead atoms. The summed E-state index contributed by atoms with van der Waals surface area (Å²) in [5.74, 6) is 0.777. The molecule has 0 spiro atoms. The van der Waals surface area contributed by atoms with Gasteiger partial charge in [-0.25, -0.2) is 14.4 Å². The van der Waals surface area contributed by atoms with Gasteiger partial charge in [0.15, 0.2) is 17.2 Å². The molecule has 2 atom stereocenters. The van der Waals surface area contributed by atoms with Gasteiger partial charge in [0, 0.05) is 29.4 Å². The van der Waals surface area contributed by atoms with Crippen LogP contribution < -0.4 is 15.4 Å². The van der Waals surface area contributed by atoms with E-state index in [4.69, 9.17) is 9.72 Å². The number of fused-ring (bicyclic) bond motifs is 4. The van der Waals surface area contributed by atoms with E-state index in [0.717, 1.165) is 16.6 Å². The summed E-state index contributed by atoms with van der Waals surface area (Å²) in [6, 6.07) is 3.54. The van der Waals surface area contributed by atoms with E-state index in [2.05, 4.69) is 25.3 Å². The number of aromatic nitrogens is 5. The Labute approximate surface area is 199 Å². The van der Waals surface area contributed by atoms with Crippen LogP contribution in [-0.2, 0) is 0 Å². The van der Waals surface area contributed by atoms with Gasteiger partial charge < -0.3 is 25.0 Å². The number of alkyl halides is 1. The predicted octanol–water partition coefficient (Wildman–Crippen LogP) is 2.48. The van der Waals surface area contributed by atoms with Crippen molar-refractivity contribution in [1.82, 2.24) is 29.5 Å². The lowest BCUT2D eigenvalue weighted by Crippen LogP contribution is -2.48. The Balaban J connectivity index is 1.40. The first-order valence-corrected chi connectivity index (χ1v) is 12.0. The first-order chi connectivity index (χ1) is 17.1. The molecule has 3 aliphatic rings. The zero-order valence-corrected chi connectivity index (χ0v) is 18.8. The van der Waals surface area contributed by atoms with Crippen molar-refractivity contribution in [1.29, 1.82) is 0 Å². The quantitative estimate of drug-likeness (QED) is 0.413. The largest absolute Gasteiger partial charge is 0.486 e. The number of amides is 1. The van der Waals surface area contributed by atoms with E-state index >= 15 is 0 Å². The Morgan fingerprint density at radius 2 is 2.17 bits per heavy atom. The second kappa shape index (κ2) is 7.64. The van der Waals surface area contributed by atoms with Gasteiger partial charge in [-0.2, -0.15) is 9.61 Å². The van der Waals surface area contributed by atoms with Crippen LogP contribution in [0.25, 0.3) is 27.9 Å². The highest BCUT2D eigenvalue weighted by Gasteiger charge is 2.34. The minimum absolute atomic E-state index is 0.155. The van der Waals surface area contributed by atoms with E-state index in [0.29, 0.717) is 61.7 Å². The normalized spacial score (nSPS) is 25.3. The Morgan fingerprint density at radius 1 is 1.29 bits per heavy atom. The highest BCUT2D eigenvalue weighted by atomic mass is 19.1. The monoisotopic (exact) mass is 477 g/mol. The number of aliphatic hydroxyl groups is 1. The van der Waals surface area contributed by atoms with Crippen molar-refractivity contribution in [2.45, 2.75) is 50.0 Å². The van der Waals surface area contributed by atoms with Crippen LogP contribution in [0, 0.1) is 0 Å². The molecule has 5 heterocycles. The molecule has 2 aliphatic carbocycles. The van der Waals surface area contributed by atoms with Gasteiger partial charge in [0.25, 0.3) is 5.91 Å². The van der Waals surface area contributed by atoms with E-state index in [1.54, 1.807) is 10.7 Å². The minimum atomic E-state index is -1.02. The molecule has 4 aromatic heterocycles. The van der Waals surface area contributed by atoms with Crippen molar-refractivity contribution in [3.63, 3.8) is 0 Å². The summed E-state index contributed by atoms with van der Waals surface area (Å²) < 4.78 is 23.5. The van der Waals surface area contributed by atoms with Crippen molar-refractivity contribution in [2.75, 3.05) is 18.5 Å². The van der Waals surface area contributed by atoms with Crippen LogP contribution in [-0.4, -0.2) is 66.6 Å². The van der Waals surface area contributed by atoms with Crippen LogP contribution in [0.5, 0.6) is 5.75 Å². The average Bonchev–Trinajstić information content (AvgIpc) is 3.46. The fraction of sp³-hybridized carbons (Fsp3) is 0.417. The number of halogens is 1. The maximum Gasteiger partial charge on any atom is 0.257 e. The van der Waals surface area contributed by atoms with E-state index in [1.165, 1.54) is 6.20 Å².